The zero-order valence-electron chi connectivity index (χ0n) is 13.3. The van der Waals surface area contributed by atoms with E-state index in [4.69, 9.17) is 6.57 Å². The second-order valence-corrected chi connectivity index (χ2v) is 8.74. The monoisotopic (exact) mass is 347 g/mol. The highest BCUT2D eigenvalue weighted by Crippen LogP contribution is 2.44. The smallest absolute Gasteiger partial charge is 0.345 e. The topological polar surface area (TPSA) is 58.7 Å². The minimum absolute atomic E-state index is 0.0124. The summed E-state index contributed by atoms with van der Waals surface area (Å²) in [7, 11) is -1.40. The second-order valence-electron chi connectivity index (χ2n) is 6.14. The first kappa shape index (κ1) is 17.4. The van der Waals surface area contributed by atoms with Crippen LogP contribution in [-0.2, 0) is 16.2 Å². The Balaban J connectivity index is 2.69. The van der Waals surface area contributed by atoms with Crippen molar-refractivity contribution in [2.24, 2.45) is 0 Å². The predicted molar refractivity (Wildman–Crippen MR) is 94.0 cm³/mol. The summed E-state index contributed by atoms with van der Waals surface area (Å²) in [6.45, 7) is 13.7. The first-order valence-corrected chi connectivity index (χ1v) is 9.26. The Labute approximate surface area is 142 Å². The molecule has 0 spiro atoms. The van der Waals surface area contributed by atoms with E-state index in [0.717, 1.165) is 16.9 Å². The van der Waals surface area contributed by atoms with Gasteiger partial charge in [0.25, 0.3) is 0 Å². The normalized spacial score (nSPS) is 12.7. The predicted octanol–water partition coefficient (Wildman–Crippen LogP) is 4.70. The SMILES string of the molecule is [C-]#[N+]c1c(S(C)=O)sc(C(=O)O)c1-c1ccc(C(C)(C)C)cc1. The second kappa shape index (κ2) is 6.26. The zero-order valence-corrected chi connectivity index (χ0v) is 15.0. The van der Waals surface area contributed by atoms with Gasteiger partial charge >= 0.3 is 5.97 Å². The minimum Gasteiger partial charge on any atom is -0.477 e. The molecule has 0 radical (unpaired) electrons. The number of carbonyl (C=O) groups is 1. The van der Waals surface area contributed by atoms with Crippen molar-refractivity contribution < 1.29 is 14.1 Å². The summed E-state index contributed by atoms with van der Waals surface area (Å²) >= 11 is 0.918. The van der Waals surface area contributed by atoms with E-state index in [1.54, 1.807) is 0 Å². The summed E-state index contributed by atoms with van der Waals surface area (Å²) in [5.74, 6) is -1.11. The van der Waals surface area contributed by atoms with Crippen molar-refractivity contribution in [1.29, 1.82) is 0 Å². The fraction of sp³-hybridized carbons (Fsp3) is 0.294. The van der Waals surface area contributed by atoms with Crippen LogP contribution in [-0.4, -0.2) is 21.5 Å². The van der Waals surface area contributed by atoms with Crippen molar-refractivity contribution in [3.63, 3.8) is 0 Å². The molecule has 6 heteroatoms. The molecule has 23 heavy (non-hydrogen) atoms. The first-order chi connectivity index (χ1) is 10.7. The van der Waals surface area contributed by atoms with E-state index in [1.807, 2.05) is 24.3 Å². The number of hydrogen-bond donors (Lipinski definition) is 1. The van der Waals surface area contributed by atoms with Crippen molar-refractivity contribution in [1.82, 2.24) is 0 Å². The Morgan fingerprint density at radius 3 is 2.22 bits per heavy atom. The van der Waals surface area contributed by atoms with Crippen molar-refractivity contribution in [2.75, 3.05) is 6.26 Å². The summed E-state index contributed by atoms with van der Waals surface area (Å²) in [5.41, 5.74) is 2.31. The van der Waals surface area contributed by atoms with E-state index in [9.17, 15) is 14.1 Å². The fourth-order valence-corrected chi connectivity index (χ4v) is 4.23. The molecule has 1 aromatic heterocycles. The highest BCUT2D eigenvalue weighted by Gasteiger charge is 2.26. The minimum atomic E-state index is -1.40. The highest BCUT2D eigenvalue weighted by atomic mass is 32.2. The molecule has 1 aromatic carbocycles. The molecule has 1 atom stereocenters. The van der Waals surface area contributed by atoms with Crippen LogP contribution < -0.4 is 0 Å². The molecule has 0 amide bonds. The van der Waals surface area contributed by atoms with Crippen LogP contribution in [0.4, 0.5) is 5.69 Å². The molecule has 0 aliphatic carbocycles. The highest BCUT2D eigenvalue weighted by molar-refractivity contribution is 7.86. The van der Waals surface area contributed by atoms with Crippen LogP contribution in [0.2, 0.25) is 0 Å². The van der Waals surface area contributed by atoms with Gasteiger partial charge in [0.2, 0.25) is 5.69 Å². The van der Waals surface area contributed by atoms with Crippen LogP contribution in [0.1, 0.15) is 36.0 Å². The average Bonchev–Trinajstić information content (AvgIpc) is 2.86. The lowest BCUT2D eigenvalue weighted by molar-refractivity contribution is 0.0703. The van der Waals surface area contributed by atoms with Gasteiger partial charge in [-0.1, -0.05) is 45.0 Å². The van der Waals surface area contributed by atoms with E-state index in [2.05, 4.69) is 25.6 Å². The maximum atomic E-state index is 11.8. The van der Waals surface area contributed by atoms with Gasteiger partial charge in [-0.15, -0.1) is 11.3 Å². The number of benzene rings is 1. The molecule has 0 aliphatic heterocycles. The molecular formula is C17H17NO3S2. The van der Waals surface area contributed by atoms with Gasteiger partial charge in [0.05, 0.1) is 10.8 Å². The molecule has 1 unspecified atom stereocenters. The van der Waals surface area contributed by atoms with Gasteiger partial charge in [-0.05, 0) is 16.5 Å². The number of carboxylic acid groups (broad SMARTS) is 1. The number of nitrogens with zero attached hydrogens (tertiary/aromatic N) is 1. The summed E-state index contributed by atoms with van der Waals surface area (Å²) in [6.07, 6.45) is 1.46. The van der Waals surface area contributed by atoms with Gasteiger partial charge in [0, 0.05) is 22.6 Å². The summed E-state index contributed by atoms with van der Waals surface area (Å²) in [5, 5.41) is 9.43. The largest absolute Gasteiger partial charge is 0.477 e. The van der Waals surface area contributed by atoms with Gasteiger partial charge in [-0.25, -0.2) is 9.64 Å². The Morgan fingerprint density at radius 1 is 1.26 bits per heavy atom. The lowest BCUT2D eigenvalue weighted by Crippen LogP contribution is -2.10. The lowest BCUT2D eigenvalue weighted by atomic mass is 9.86. The molecular weight excluding hydrogens is 330 g/mol. The van der Waals surface area contributed by atoms with Crippen molar-refractivity contribution in [3.05, 3.63) is 46.1 Å². The third-order valence-corrected chi connectivity index (χ3v) is 6.09. The van der Waals surface area contributed by atoms with Gasteiger partial charge in [0.15, 0.2) is 0 Å². The summed E-state index contributed by atoms with van der Waals surface area (Å²) < 4.78 is 12.1. The number of carboxylic acids is 1. The summed E-state index contributed by atoms with van der Waals surface area (Å²) in [4.78, 5) is 15.0. The number of rotatable bonds is 3. The molecule has 0 fully saturated rings. The molecule has 120 valence electrons. The number of hydrogen-bond acceptors (Lipinski definition) is 3. The van der Waals surface area contributed by atoms with Gasteiger partial charge in [0.1, 0.15) is 4.88 Å². The van der Waals surface area contributed by atoms with Crippen LogP contribution in [0.5, 0.6) is 0 Å². The van der Waals surface area contributed by atoms with E-state index in [0.29, 0.717) is 15.3 Å². The number of thiophene rings is 1. The van der Waals surface area contributed by atoms with Crippen molar-refractivity contribution in [3.8, 4) is 11.1 Å². The summed E-state index contributed by atoms with van der Waals surface area (Å²) in [6, 6.07) is 7.53. The molecule has 0 saturated heterocycles. The molecule has 2 rings (SSSR count). The van der Waals surface area contributed by atoms with E-state index >= 15 is 0 Å². The molecule has 0 bridgehead atoms. The maximum absolute atomic E-state index is 11.8. The zero-order chi connectivity index (χ0) is 17.4. The molecule has 4 nitrogen and oxygen atoms in total. The molecule has 0 saturated carbocycles. The van der Waals surface area contributed by atoms with E-state index in [1.165, 1.54) is 6.26 Å². The van der Waals surface area contributed by atoms with Gasteiger partial charge in [-0.2, -0.15) is 0 Å². The van der Waals surface area contributed by atoms with Crippen molar-refractivity contribution >= 4 is 33.8 Å². The maximum Gasteiger partial charge on any atom is 0.345 e. The Hall–Kier alpha value is -1.97. The third-order valence-electron chi connectivity index (χ3n) is 3.46. The Bertz CT molecular complexity index is 821. The molecule has 1 heterocycles. The van der Waals surface area contributed by atoms with Crippen molar-refractivity contribution in [2.45, 2.75) is 30.4 Å². The molecule has 0 aliphatic rings. The Morgan fingerprint density at radius 2 is 1.83 bits per heavy atom. The lowest BCUT2D eigenvalue weighted by Gasteiger charge is -2.19. The van der Waals surface area contributed by atoms with Crippen LogP contribution in [0.15, 0.2) is 28.5 Å². The Kier molecular flexibility index (Phi) is 4.73. The van der Waals surface area contributed by atoms with Crippen LogP contribution in [0.3, 0.4) is 0 Å². The third kappa shape index (κ3) is 3.36. The molecule has 2 aromatic rings. The number of aromatic carboxylic acids is 1. The van der Waals surface area contributed by atoms with Gasteiger partial charge < -0.3 is 5.11 Å². The van der Waals surface area contributed by atoms with E-state index in [-0.39, 0.29) is 16.0 Å². The average molecular weight is 347 g/mol. The standard InChI is InChI=1S/C17H17NO3S2/c1-17(2,3)11-8-6-10(7-9-11)12-13(18-4)16(23(5)21)22-14(12)15(19)20/h6-9H,1-3,5H3,(H,19,20). The van der Waals surface area contributed by atoms with Crippen LogP contribution >= 0.6 is 11.3 Å². The quantitative estimate of drug-likeness (QED) is 0.819. The van der Waals surface area contributed by atoms with E-state index < -0.39 is 16.8 Å². The van der Waals surface area contributed by atoms with Gasteiger partial charge in [-0.3, -0.25) is 4.21 Å². The first-order valence-electron chi connectivity index (χ1n) is 6.88. The van der Waals surface area contributed by atoms with Crippen LogP contribution in [0.25, 0.3) is 16.0 Å². The molecule has 1 N–H and O–H groups in total. The van der Waals surface area contributed by atoms with Crippen LogP contribution in [0, 0.1) is 6.57 Å². The fourth-order valence-electron chi connectivity index (χ4n) is 2.25.